The van der Waals surface area contributed by atoms with Crippen molar-refractivity contribution in [2.75, 3.05) is 26.2 Å². The zero-order valence-electron chi connectivity index (χ0n) is 11.5. The van der Waals surface area contributed by atoms with Gasteiger partial charge < -0.3 is 14.9 Å². The predicted molar refractivity (Wildman–Crippen MR) is 64.7 cm³/mol. The summed E-state index contributed by atoms with van der Waals surface area (Å²) in [4.78, 5) is 25.8. The van der Waals surface area contributed by atoms with E-state index in [-0.39, 0.29) is 38.1 Å². The van der Waals surface area contributed by atoms with Gasteiger partial charge in [-0.2, -0.15) is 13.2 Å². The fourth-order valence-corrected chi connectivity index (χ4v) is 2.27. The van der Waals surface area contributed by atoms with Gasteiger partial charge in [-0.1, -0.05) is 0 Å². The Labute approximate surface area is 115 Å². The van der Waals surface area contributed by atoms with E-state index >= 15 is 0 Å². The second-order valence-corrected chi connectivity index (χ2v) is 5.14. The number of aliphatic hydroxyl groups excluding tert-OH is 1. The van der Waals surface area contributed by atoms with Crippen molar-refractivity contribution in [3.63, 3.8) is 0 Å². The molecule has 1 saturated heterocycles. The number of likely N-dealkylation sites (tertiary alicyclic amines) is 1. The van der Waals surface area contributed by atoms with Gasteiger partial charge in [-0.15, -0.1) is 0 Å². The minimum absolute atomic E-state index is 0.112. The fourth-order valence-electron chi connectivity index (χ4n) is 2.27. The molecule has 1 rings (SSSR count). The quantitative estimate of drug-likeness (QED) is 0.809. The molecule has 5 nitrogen and oxygen atoms in total. The normalized spacial score (nSPS) is 19.9. The first-order valence-corrected chi connectivity index (χ1v) is 6.41. The van der Waals surface area contributed by atoms with Crippen LogP contribution in [0.5, 0.6) is 0 Å². The number of rotatable bonds is 5. The monoisotopic (exact) mass is 296 g/mol. The summed E-state index contributed by atoms with van der Waals surface area (Å²) < 4.78 is 36.9. The lowest BCUT2D eigenvalue weighted by atomic mass is 10.1. The van der Waals surface area contributed by atoms with Crippen LogP contribution in [0.3, 0.4) is 0 Å². The summed E-state index contributed by atoms with van der Waals surface area (Å²) >= 11 is 0. The predicted octanol–water partition coefficient (Wildman–Crippen LogP) is 0.626. The van der Waals surface area contributed by atoms with Crippen LogP contribution >= 0.6 is 0 Å². The Bertz CT molecular complexity index is 371. The van der Waals surface area contributed by atoms with Gasteiger partial charge in [0.25, 0.3) is 0 Å². The smallest absolute Gasteiger partial charge is 0.395 e. The number of hydrogen-bond donors (Lipinski definition) is 1. The molecule has 2 amide bonds. The number of nitrogens with zero attached hydrogens (tertiary/aromatic N) is 2. The number of amides is 2. The Morgan fingerprint density at radius 2 is 2.10 bits per heavy atom. The lowest BCUT2D eigenvalue weighted by Gasteiger charge is -2.28. The number of halogens is 3. The van der Waals surface area contributed by atoms with Gasteiger partial charge in [-0.3, -0.25) is 9.59 Å². The van der Waals surface area contributed by atoms with E-state index < -0.39 is 24.5 Å². The Hall–Kier alpha value is -1.31. The minimum Gasteiger partial charge on any atom is -0.395 e. The molecule has 0 aromatic carbocycles. The highest BCUT2D eigenvalue weighted by molar-refractivity contribution is 5.89. The molecule has 20 heavy (non-hydrogen) atoms. The lowest BCUT2D eigenvalue weighted by Crippen LogP contribution is -2.43. The molecule has 0 bridgehead atoms. The van der Waals surface area contributed by atoms with E-state index in [2.05, 4.69) is 0 Å². The van der Waals surface area contributed by atoms with Crippen molar-refractivity contribution in [3.05, 3.63) is 0 Å². The van der Waals surface area contributed by atoms with Crippen LogP contribution in [0, 0.1) is 5.92 Å². The number of carbonyl (C=O) groups is 2. The molecule has 0 saturated carbocycles. The van der Waals surface area contributed by atoms with Gasteiger partial charge in [0.2, 0.25) is 11.8 Å². The van der Waals surface area contributed by atoms with Crippen LogP contribution in [0.1, 0.15) is 20.3 Å². The molecule has 1 aliphatic rings. The standard InChI is InChI=1S/C12H19F3N2O3/c1-8(2)17(3-4-18)11(20)9-5-10(19)16(6-9)7-12(13,14)15/h8-9,18H,3-7H2,1-2H3. The third-order valence-corrected chi connectivity index (χ3v) is 3.18. The highest BCUT2D eigenvalue weighted by atomic mass is 19.4. The molecule has 116 valence electrons. The molecule has 1 atom stereocenters. The van der Waals surface area contributed by atoms with Crippen molar-refractivity contribution in [1.82, 2.24) is 9.80 Å². The van der Waals surface area contributed by atoms with Crippen molar-refractivity contribution in [2.45, 2.75) is 32.5 Å². The third kappa shape index (κ3) is 4.36. The summed E-state index contributed by atoms with van der Waals surface area (Å²) in [6.07, 6.45) is -4.67. The average molecular weight is 296 g/mol. The maximum atomic E-state index is 12.3. The molecule has 0 spiro atoms. The van der Waals surface area contributed by atoms with Gasteiger partial charge in [0.1, 0.15) is 6.54 Å². The van der Waals surface area contributed by atoms with Gasteiger partial charge in [-0.05, 0) is 13.8 Å². The fraction of sp³-hybridized carbons (Fsp3) is 0.833. The van der Waals surface area contributed by atoms with E-state index in [1.165, 1.54) is 4.90 Å². The molecular formula is C12H19F3N2O3. The summed E-state index contributed by atoms with van der Waals surface area (Å²) in [6, 6.07) is -0.179. The zero-order valence-corrected chi connectivity index (χ0v) is 11.5. The molecule has 0 aromatic rings. The summed E-state index contributed by atoms with van der Waals surface area (Å²) in [6.45, 7) is 1.84. The van der Waals surface area contributed by atoms with E-state index in [0.717, 1.165) is 0 Å². The largest absolute Gasteiger partial charge is 0.406 e. The zero-order chi connectivity index (χ0) is 15.5. The van der Waals surface area contributed by atoms with E-state index in [0.29, 0.717) is 4.90 Å². The third-order valence-electron chi connectivity index (χ3n) is 3.18. The molecular weight excluding hydrogens is 277 g/mol. The number of aliphatic hydroxyl groups is 1. The second-order valence-electron chi connectivity index (χ2n) is 5.14. The number of carbonyl (C=O) groups excluding carboxylic acids is 2. The van der Waals surface area contributed by atoms with Gasteiger partial charge >= 0.3 is 6.18 Å². The average Bonchev–Trinajstić information content (AvgIpc) is 2.64. The molecule has 0 aliphatic carbocycles. The summed E-state index contributed by atoms with van der Waals surface area (Å²) in [7, 11) is 0. The molecule has 1 fully saturated rings. The Kier molecular flexibility index (Phi) is 5.38. The Morgan fingerprint density at radius 1 is 1.50 bits per heavy atom. The highest BCUT2D eigenvalue weighted by Crippen LogP contribution is 2.25. The number of hydrogen-bond acceptors (Lipinski definition) is 3. The van der Waals surface area contributed by atoms with Crippen LogP contribution in [0.15, 0.2) is 0 Å². The number of alkyl halides is 3. The van der Waals surface area contributed by atoms with Crippen molar-refractivity contribution in [1.29, 1.82) is 0 Å². The molecule has 1 aliphatic heterocycles. The van der Waals surface area contributed by atoms with E-state index in [1.54, 1.807) is 13.8 Å². The van der Waals surface area contributed by atoms with Crippen LogP contribution in [-0.4, -0.2) is 65.2 Å². The van der Waals surface area contributed by atoms with E-state index in [9.17, 15) is 22.8 Å². The Balaban J connectivity index is 2.70. The van der Waals surface area contributed by atoms with Gasteiger partial charge in [-0.25, -0.2) is 0 Å². The van der Waals surface area contributed by atoms with Crippen molar-refractivity contribution in [2.24, 2.45) is 5.92 Å². The van der Waals surface area contributed by atoms with Gasteiger partial charge in [0.15, 0.2) is 0 Å². The summed E-state index contributed by atoms with van der Waals surface area (Å²) in [5.74, 6) is -1.81. The van der Waals surface area contributed by atoms with Gasteiger partial charge in [0, 0.05) is 25.6 Å². The van der Waals surface area contributed by atoms with E-state index in [4.69, 9.17) is 5.11 Å². The summed E-state index contributed by atoms with van der Waals surface area (Å²) in [5.41, 5.74) is 0. The van der Waals surface area contributed by atoms with Gasteiger partial charge in [0.05, 0.1) is 12.5 Å². The maximum absolute atomic E-state index is 12.3. The van der Waals surface area contributed by atoms with Crippen LogP contribution in [0.4, 0.5) is 13.2 Å². The minimum atomic E-state index is -4.46. The maximum Gasteiger partial charge on any atom is 0.406 e. The van der Waals surface area contributed by atoms with Crippen molar-refractivity contribution < 1.29 is 27.9 Å². The van der Waals surface area contributed by atoms with Crippen LogP contribution in [-0.2, 0) is 9.59 Å². The molecule has 0 aromatic heterocycles. The highest BCUT2D eigenvalue weighted by Gasteiger charge is 2.41. The topological polar surface area (TPSA) is 60.9 Å². The SMILES string of the molecule is CC(C)N(CCO)C(=O)C1CC(=O)N(CC(F)(F)F)C1. The first kappa shape index (κ1) is 16.7. The Morgan fingerprint density at radius 3 is 2.55 bits per heavy atom. The van der Waals surface area contributed by atoms with Crippen molar-refractivity contribution >= 4 is 11.8 Å². The first-order chi connectivity index (χ1) is 9.15. The summed E-state index contributed by atoms with van der Waals surface area (Å²) in [5, 5.41) is 8.91. The molecule has 1 heterocycles. The first-order valence-electron chi connectivity index (χ1n) is 6.41. The second kappa shape index (κ2) is 6.43. The lowest BCUT2D eigenvalue weighted by molar-refractivity contribution is -0.157. The van der Waals surface area contributed by atoms with Crippen LogP contribution in [0.2, 0.25) is 0 Å². The molecule has 8 heteroatoms. The molecule has 1 unspecified atom stereocenters. The van der Waals surface area contributed by atoms with Crippen molar-refractivity contribution in [3.8, 4) is 0 Å². The molecule has 1 N–H and O–H groups in total. The van der Waals surface area contributed by atoms with Crippen LogP contribution in [0.25, 0.3) is 0 Å². The van der Waals surface area contributed by atoms with Crippen LogP contribution < -0.4 is 0 Å². The van der Waals surface area contributed by atoms with E-state index in [1.807, 2.05) is 0 Å². The molecule has 0 radical (unpaired) electrons.